The van der Waals surface area contributed by atoms with E-state index in [1.807, 2.05) is 0 Å². The quantitative estimate of drug-likeness (QED) is 0.260. The maximum absolute atomic E-state index is 11.5. The predicted octanol–water partition coefficient (Wildman–Crippen LogP) is 5.32. The van der Waals surface area contributed by atoms with Crippen molar-refractivity contribution in [3.63, 3.8) is 0 Å². The van der Waals surface area contributed by atoms with Gasteiger partial charge in [0.05, 0.1) is 6.61 Å². The fourth-order valence-corrected chi connectivity index (χ4v) is 2.27. The van der Waals surface area contributed by atoms with E-state index in [0.717, 1.165) is 12.8 Å². The molecular weight excluding hydrogens is 278 g/mol. The molecule has 0 aliphatic carbocycles. The minimum absolute atomic E-state index is 0.414. The molecule has 0 saturated carbocycles. The summed E-state index contributed by atoms with van der Waals surface area (Å²) in [5.74, 6) is 0.414. The molecule has 4 heteroatoms. The topological polar surface area (TPSA) is 61.5 Å². The van der Waals surface area contributed by atoms with Gasteiger partial charge in [-0.05, 0) is 18.6 Å². The fraction of sp³-hybridized carbons (Fsp3) is 0.611. The van der Waals surface area contributed by atoms with Crippen molar-refractivity contribution >= 4 is 11.8 Å². The molecule has 0 radical (unpaired) electrons. The highest BCUT2D eigenvalue weighted by atomic mass is 16.7. The van der Waals surface area contributed by atoms with Gasteiger partial charge in [0.2, 0.25) is 0 Å². The highest BCUT2D eigenvalue weighted by Crippen LogP contribution is 2.15. The molecule has 0 aliphatic heterocycles. The molecular formula is C18H29NO3. The van der Waals surface area contributed by atoms with Crippen LogP contribution in [0.3, 0.4) is 0 Å². The van der Waals surface area contributed by atoms with Gasteiger partial charge in [-0.15, -0.1) is 0 Å². The van der Waals surface area contributed by atoms with E-state index in [-0.39, 0.29) is 0 Å². The second kappa shape index (κ2) is 11.9. The first-order valence-electron chi connectivity index (χ1n) is 8.42. The van der Waals surface area contributed by atoms with Crippen LogP contribution >= 0.6 is 0 Å². The summed E-state index contributed by atoms with van der Waals surface area (Å²) < 4.78 is 10.1. The third kappa shape index (κ3) is 9.27. The first-order chi connectivity index (χ1) is 10.7. The summed E-state index contributed by atoms with van der Waals surface area (Å²) in [7, 11) is 0. The van der Waals surface area contributed by atoms with Crippen molar-refractivity contribution in [1.82, 2.24) is 0 Å². The van der Waals surface area contributed by atoms with Gasteiger partial charge < -0.3 is 15.2 Å². The Bertz CT molecular complexity index is 421. The van der Waals surface area contributed by atoms with Crippen LogP contribution in [0.25, 0.3) is 0 Å². The fourth-order valence-electron chi connectivity index (χ4n) is 2.27. The zero-order chi connectivity index (χ0) is 16.0. The molecule has 0 aromatic heterocycles. The first-order valence-corrected chi connectivity index (χ1v) is 8.42. The molecule has 1 aromatic rings. The molecule has 0 aliphatic rings. The number of rotatable bonds is 11. The van der Waals surface area contributed by atoms with Crippen LogP contribution in [0.2, 0.25) is 0 Å². The number of unbranched alkanes of at least 4 members (excludes halogenated alkanes) is 8. The molecule has 124 valence electrons. The van der Waals surface area contributed by atoms with Crippen molar-refractivity contribution in [2.75, 3.05) is 12.3 Å². The van der Waals surface area contributed by atoms with E-state index in [0.29, 0.717) is 18.0 Å². The van der Waals surface area contributed by atoms with Crippen molar-refractivity contribution < 1.29 is 14.3 Å². The van der Waals surface area contributed by atoms with Crippen molar-refractivity contribution in [1.29, 1.82) is 0 Å². The monoisotopic (exact) mass is 307 g/mol. The van der Waals surface area contributed by atoms with Gasteiger partial charge in [0.1, 0.15) is 5.75 Å². The zero-order valence-electron chi connectivity index (χ0n) is 13.7. The Kier molecular flexibility index (Phi) is 9.92. The van der Waals surface area contributed by atoms with E-state index < -0.39 is 6.16 Å². The number of anilines is 1. The second-order valence-electron chi connectivity index (χ2n) is 5.60. The lowest BCUT2D eigenvalue weighted by Gasteiger charge is -2.06. The van der Waals surface area contributed by atoms with Gasteiger partial charge >= 0.3 is 6.16 Å². The van der Waals surface area contributed by atoms with Gasteiger partial charge in [-0.25, -0.2) is 4.79 Å². The van der Waals surface area contributed by atoms with Crippen LogP contribution in [0, 0.1) is 0 Å². The normalized spacial score (nSPS) is 10.4. The summed E-state index contributed by atoms with van der Waals surface area (Å²) >= 11 is 0. The lowest BCUT2D eigenvalue weighted by Crippen LogP contribution is -2.11. The van der Waals surface area contributed by atoms with Gasteiger partial charge in [-0.2, -0.15) is 0 Å². The number of ether oxygens (including phenoxy) is 2. The first kappa shape index (κ1) is 18.3. The van der Waals surface area contributed by atoms with Crippen LogP contribution < -0.4 is 10.5 Å². The zero-order valence-corrected chi connectivity index (χ0v) is 13.7. The molecule has 0 amide bonds. The third-order valence-electron chi connectivity index (χ3n) is 3.53. The standard InChI is InChI=1S/C18H29NO3/c1-2-3-4-5-6-7-8-9-10-14-21-18(20)22-17-13-11-12-16(19)15-17/h11-13,15H,2-10,14,19H2,1H3. The minimum atomic E-state index is -0.662. The molecule has 0 spiro atoms. The molecule has 4 nitrogen and oxygen atoms in total. The highest BCUT2D eigenvalue weighted by Gasteiger charge is 2.05. The Morgan fingerprint density at radius 3 is 2.27 bits per heavy atom. The average Bonchev–Trinajstić information content (AvgIpc) is 2.49. The Balaban J connectivity index is 1.95. The molecule has 0 heterocycles. The Hall–Kier alpha value is -1.71. The van der Waals surface area contributed by atoms with Crippen LogP contribution in [0.1, 0.15) is 64.7 Å². The van der Waals surface area contributed by atoms with E-state index in [2.05, 4.69) is 6.92 Å². The maximum atomic E-state index is 11.5. The van der Waals surface area contributed by atoms with Crippen molar-refractivity contribution in [2.24, 2.45) is 0 Å². The number of carbonyl (C=O) groups is 1. The molecule has 0 atom stereocenters. The average molecular weight is 307 g/mol. The summed E-state index contributed by atoms with van der Waals surface area (Å²) in [6.07, 6.45) is 10.5. The van der Waals surface area contributed by atoms with Crippen molar-refractivity contribution in [3.05, 3.63) is 24.3 Å². The van der Waals surface area contributed by atoms with E-state index in [1.165, 1.54) is 44.9 Å². The van der Waals surface area contributed by atoms with E-state index in [1.54, 1.807) is 24.3 Å². The Morgan fingerprint density at radius 1 is 1.00 bits per heavy atom. The van der Waals surface area contributed by atoms with E-state index >= 15 is 0 Å². The molecule has 0 bridgehead atoms. The number of carbonyl (C=O) groups excluding carboxylic acids is 1. The highest BCUT2D eigenvalue weighted by molar-refractivity contribution is 5.64. The van der Waals surface area contributed by atoms with Crippen molar-refractivity contribution in [3.8, 4) is 5.75 Å². The molecule has 0 saturated heterocycles. The molecule has 22 heavy (non-hydrogen) atoms. The molecule has 0 unspecified atom stereocenters. The number of nitrogen functional groups attached to an aromatic ring is 1. The third-order valence-corrected chi connectivity index (χ3v) is 3.53. The smallest absolute Gasteiger partial charge is 0.434 e. The van der Waals surface area contributed by atoms with Crippen LogP contribution in [0.5, 0.6) is 5.75 Å². The molecule has 2 N–H and O–H groups in total. The maximum Gasteiger partial charge on any atom is 0.513 e. The van der Waals surface area contributed by atoms with E-state index in [4.69, 9.17) is 15.2 Å². The minimum Gasteiger partial charge on any atom is -0.434 e. The predicted molar refractivity (Wildman–Crippen MR) is 90.1 cm³/mol. The van der Waals surface area contributed by atoms with E-state index in [9.17, 15) is 4.79 Å². The van der Waals surface area contributed by atoms with Crippen molar-refractivity contribution in [2.45, 2.75) is 64.7 Å². The lowest BCUT2D eigenvalue weighted by atomic mass is 10.1. The second-order valence-corrected chi connectivity index (χ2v) is 5.60. The summed E-state index contributed by atoms with van der Waals surface area (Å²) in [5, 5.41) is 0. The van der Waals surface area contributed by atoms with Gasteiger partial charge in [0.25, 0.3) is 0 Å². The van der Waals surface area contributed by atoms with Crippen LogP contribution in [-0.2, 0) is 4.74 Å². The van der Waals surface area contributed by atoms with Crippen LogP contribution in [0.15, 0.2) is 24.3 Å². The Labute approximate surface area is 134 Å². The van der Waals surface area contributed by atoms with Crippen LogP contribution in [-0.4, -0.2) is 12.8 Å². The number of nitrogens with two attached hydrogens (primary N) is 1. The number of benzene rings is 1. The Morgan fingerprint density at radius 2 is 1.64 bits per heavy atom. The summed E-state index contributed by atoms with van der Waals surface area (Å²) in [5.41, 5.74) is 6.17. The van der Waals surface area contributed by atoms with Gasteiger partial charge in [0.15, 0.2) is 0 Å². The number of hydrogen-bond acceptors (Lipinski definition) is 4. The largest absolute Gasteiger partial charge is 0.513 e. The molecule has 1 aromatic carbocycles. The van der Waals surface area contributed by atoms with Gasteiger partial charge in [-0.3, -0.25) is 0 Å². The number of hydrogen-bond donors (Lipinski definition) is 1. The lowest BCUT2D eigenvalue weighted by molar-refractivity contribution is 0.0973. The van der Waals surface area contributed by atoms with Gasteiger partial charge in [0, 0.05) is 11.8 Å². The molecule has 0 fully saturated rings. The molecule has 1 rings (SSSR count). The summed E-state index contributed by atoms with van der Waals surface area (Å²) in [6, 6.07) is 6.74. The van der Waals surface area contributed by atoms with Crippen LogP contribution in [0.4, 0.5) is 10.5 Å². The summed E-state index contributed by atoms with van der Waals surface area (Å²) in [6.45, 7) is 2.65. The summed E-state index contributed by atoms with van der Waals surface area (Å²) in [4.78, 5) is 11.5. The SMILES string of the molecule is CCCCCCCCCCCOC(=O)Oc1cccc(N)c1. The van der Waals surface area contributed by atoms with Gasteiger partial charge in [-0.1, -0.05) is 64.4 Å².